The fourth-order valence-electron chi connectivity index (χ4n) is 3.50. The summed E-state index contributed by atoms with van der Waals surface area (Å²) in [7, 11) is 1.65. The summed E-state index contributed by atoms with van der Waals surface area (Å²) in [5, 5.41) is 2.74. The van der Waals surface area contributed by atoms with Gasteiger partial charge in [0.25, 0.3) is 5.91 Å². The second-order valence-electron chi connectivity index (χ2n) is 6.71. The fourth-order valence-corrected chi connectivity index (χ4v) is 3.50. The van der Waals surface area contributed by atoms with Crippen LogP contribution in [0.1, 0.15) is 54.3 Å². The quantitative estimate of drug-likeness (QED) is 0.844. The Morgan fingerprint density at radius 3 is 2.70 bits per heavy atom. The van der Waals surface area contributed by atoms with Gasteiger partial charge in [0.05, 0.1) is 19.4 Å². The molecule has 144 valence electrons. The predicted octanol–water partition coefficient (Wildman–Crippen LogP) is 3.55. The average Bonchev–Trinajstić information content (AvgIpc) is 3.12. The van der Waals surface area contributed by atoms with Gasteiger partial charge in [0.15, 0.2) is 5.76 Å². The summed E-state index contributed by atoms with van der Waals surface area (Å²) >= 11 is 0. The zero-order valence-corrected chi connectivity index (χ0v) is 15.6. The third-order valence-electron chi connectivity index (χ3n) is 4.94. The Balaban J connectivity index is 1.61. The fraction of sp³-hybridized carbons (Fsp3) is 0.429. The van der Waals surface area contributed by atoms with E-state index in [4.69, 9.17) is 9.15 Å². The minimum Gasteiger partial charge on any atom is -0.497 e. The molecule has 27 heavy (non-hydrogen) atoms. The zero-order valence-electron chi connectivity index (χ0n) is 15.6. The van der Waals surface area contributed by atoms with Crippen LogP contribution in [-0.4, -0.2) is 36.9 Å². The maximum absolute atomic E-state index is 12.9. The Hall–Kier alpha value is -2.76. The highest BCUT2D eigenvalue weighted by Crippen LogP contribution is 2.31. The zero-order chi connectivity index (χ0) is 19.1. The normalized spacial score (nSPS) is 17.2. The third kappa shape index (κ3) is 4.90. The van der Waals surface area contributed by atoms with E-state index in [0.717, 1.165) is 43.5 Å². The maximum Gasteiger partial charge on any atom is 0.286 e. The standard InChI is InChI=1S/C21H26N2O4/c1-26-17-10-8-16(9-11-17)18-6-3-2-4-14-23(18)20(24)12-13-22-21(25)19-7-5-15-27-19/h5,7-11,15,18H,2-4,6,12-14H2,1H3,(H,22,25)/t18-/m0/s1. The number of furan rings is 1. The first-order valence-electron chi connectivity index (χ1n) is 9.44. The van der Waals surface area contributed by atoms with Gasteiger partial charge in [-0.3, -0.25) is 9.59 Å². The van der Waals surface area contributed by atoms with Crippen molar-refractivity contribution in [3.05, 3.63) is 54.0 Å². The molecule has 0 saturated carbocycles. The van der Waals surface area contributed by atoms with Crippen molar-refractivity contribution in [1.29, 1.82) is 0 Å². The molecule has 2 heterocycles. The van der Waals surface area contributed by atoms with Crippen LogP contribution in [0.3, 0.4) is 0 Å². The van der Waals surface area contributed by atoms with E-state index in [2.05, 4.69) is 5.32 Å². The molecule has 1 N–H and O–H groups in total. The maximum atomic E-state index is 12.9. The van der Waals surface area contributed by atoms with Gasteiger partial charge in [-0.05, 0) is 42.7 Å². The molecule has 0 radical (unpaired) electrons. The molecule has 6 nitrogen and oxygen atoms in total. The third-order valence-corrected chi connectivity index (χ3v) is 4.94. The largest absolute Gasteiger partial charge is 0.497 e. The monoisotopic (exact) mass is 370 g/mol. The first-order valence-corrected chi connectivity index (χ1v) is 9.44. The van der Waals surface area contributed by atoms with Gasteiger partial charge in [-0.25, -0.2) is 0 Å². The first kappa shape index (κ1) is 19.0. The molecule has 1 saturated heterocycles. The lowest BCUT2D eigenvalue weighted by molar-refractivity contribution is -0.133. The summed E-state index contributed by atoms with van der Waals surface area (Å²) in [6.07, 6.45) is 5.94. The van der Waals surface area contributed by atoms with Gasteiger partial charge < -0.3 is 19.4 Å². The van der Waals surface area contributed by atoms with Crippen molar-refractivity contribution in [3.8, 4) is 5.75 Å². The summed E-state index contributed by atoms with van der Waals surface area (Å²) in [5.41, 5.74) is 1.13. The lowest BCUT2D eigenvalue weighted by Crippen LogP contribution is -2.37. The van der Waals surface area contributed by atoms with Crippen molar-refractivity contribution in [2.24, 2.45) is 0 Å². The van der Waals surface area contributed by atoms with Crippen LogP contribution in [0.4, 0.5) is 0 Å². The number of hydrogen-bond acceptors (Lipinski definition) is 4. The minimum absolute atomic E-state index is 0.0671. The van der Waals surface area contributed by atoms with Crippen LogP contribution in [0, 0.1) is 0 Å². The van der Waals surface area contributed by atoms with E-state index in [1.165, 1.54) is 6.26 Å². The molecular weight excluding hydrogens is 344 g/mol. The van der Waals surface area contributed by atoms with Crippen molar-refractivity contribution in [3.63, 3.8) is 0 Å². The lowest BCUT2D eigenvalue weighted by atomic mass is 10.0. The number of benzene rings is 1. The molecule has 2 amide bonds. The van der Waals surface area contributed by atoms with E-state index in [9.17, 15) is 9.59 Å². The SMILES string of the molecule is COc1ccc([C@@H]2CCCCCN2C(=O)CCNC(=O)c2ccco2)cc1. The second-order valence-corrected chi connectivity index (χ2v) is 6.71. The van der Waals surface area contributed by atoms with Crippen molar-refractivity contribution >= 4 is 11.8 Å². The summed E-state index contributed by atoms with van der Waals surface area (Å²) in [6, 6.07) is 11.3. The smallest absolute Gasteiger partial charge is 0.286 e. The molecule has 1 atom stereocenters. The number of nitrogens with one attached hydrogen (secondary N) is 1. The Kier molecular flexibility index (Phi) is 6.52. The van der Waals surface area contributed by atoms with Gasteiger partial charge in [0.1, 0.15) is 5.75 Å². The Morgan fingerprint density at radius 1 is 1.19 bits per heavy atom. The van der Waals surface area contributed by atoms with Gasteiger partial charge in [0.2, 0.25) is 5.91 Å². The summed E-state index contributed by atoms with van der Waals surface area (Å²) in [6.45, 7) is 1.05. The van der Waals surface area contributed by atoms with Crippen molar-refractivity contribution in [2.45, 2.75) is 38.1 Å². The van der Waals surface area contributed by atoms with Crippen molar-refractivity contribution in [1.82, 2.24) is 10.2 Å². The van der Waals surface area contributed by atoms with Crippen LogP contribution in [0.2, 0.25) is 0 Å². The van der Waals surface area contributed by atoms with Crippen LogP contribution in [-0.2, 0) is 4.79 Å². The van der Waals surface area contributed by atoms with Gasteiger partial charge in [-0.1, -0.05) is 25.0 Å². The van der Waals surface area contributed by atoms with Crippen LogP contribution in [0.25, 0.3) is 0 Å². The molecule has 0 spiro atoms. The van der Waals surface area contributed by atoms with E-state index in [1.807, 2.05) is 29.2 Å². The highest BCUT2D eigenvalue weighted by molar-refractivity contribution is 5.91. The summed E-state index contributed by atoms with van der Waals surface area (Å²) in [5.74, 6) is 0.840. The molecule has 0 aliphatic carbocycles. The highest BCUT2D eigenvalue weighted by Gasteiger charge is 2.26. The van der Waals surface area contributed by atoms with Crippen LogP contribution >= 0.6 is 0 Å². The topological polar surface area (TPSA) is 71.8 Å². The Morgan fingerprint density at radius 2 is 2.00 bits per heavy atom. The number of likely N-dealkylation sites (tertiary alicyclic amines) is 1. The van der Waals surface area contributed by atoms with Gasteiger partial charge in [0, 0.05) is 19.5 Å². The molecule has 6 heteroatoms. The molecule has 3 rings (SSSR count). The van der Waals surface area contributed by atoms with Gasteiger partial charge in [-0.15, -0.1) is 0 Å². The lowest BCUT2D eigenvalue weighted by Gasteiger charge is -2.30. The molecule has 0 unspecified atom stereocenters. The van der Waals surface area contributed by atoms with E-state index in [1.54, 1.807) is 19.2 Å². The van der Waals surface area contributed by atoms with E-state index in [0.29, 0.717) is 6.54 Å². The predicted molar refractivity (Wildman–Crippen MR) is 102 cm³/mol. The van der Waals surface area contributed by atoms with E-state index < -0.39 is 0 Å². The van der Waals surface area contributed by atoms with E-state index >= 15 is 0 Å². The van der Waals surface area contributed by atoms with Gasteiger partial charge in [-0.2, -0.15) is 0 Å². The van der Waals surface area contributed by atoms with Crippen LogP contribution in [0.5, 0.6) is 5.75 Å². The summed E-state index contributed by atoms with van der Waals surface area (Å²) in [4.78, 5) is 26.7. The molecule has 1 fully saturated rings. The molecule has 1 aromatic heterocycles. The molecule has 1 aromatic carbocycles. The van der Waals surface area contributed by atoms with Crippen LogP contribution in [0.15, 0.2) is 47.1 Å². The van der Waals surface area contributed by atoms with Crippen molar-refractivity contribution < 1.29 is 18.7 Å². The number of methoxy groups -OCH3 is 1. The first-order chi connectivity index (χ1) is 13.2. The number of nitrogens with zero attached hydrogens (tertiary/aromatic N) is 1. The number of ether oxygens (including phenoxy) is 1. The Labute approximate surface area is 159 Å². The molecular formula is C21H26N2O4. The average molecular weight is 370 g/mol. The molecule has 2 aromatic rings. The second kappa shape index (κ2) is 9.26. The molecule has 1 aliphatic rings. The number of carbonyl (C=O) groups excluding carboxylic acids is 2. The number of amides is 2. The van der Waals surface area contributed by atoms with Gasteiger partial charge >= 0.3 is 0 Å². The van der Waals surface area contributed by atoms with Crippen molar-refractivity contribution in [2.75, 3.05) is 20.2 Å². The number of rotatable bonds is 6. The Bertz CT molecular complexity index is 740. The molecule has 0 bridgehead atoms. The van der Waals surface area contributed by atoms with Crippen LogP contribution < -0.4 is 10.1 Å². The van der Waals surface area contributed by atoms with E-state index in [-0.39, 0.29) is 30.0 Å². The molecule has 1 aliphatic heterocycles. The number of hydrogen-bond donors (Lipinski definition) is 1. The minimum atomic E-state index is -0.296. The highest BCUT2D eigenvalue weighted by atomic mass is 16.5. The number of carbonyl (C=O) groups is 2. The summed E-state index contributed by atoms with van der Waals surface area (Å²) < 4.78 is 10.3.